The lowest BCUT2D eigenvalue weighted by molar-refractivity contribution is 0.373. The quantitative estimate of drug-likeness (QED) is 0.472. The second-order valence-corrected chi connectivity index (χ2v) is 3.83. The summed E-state index contributed by atoms with van der Waals surface area (Å²) in [6.45, 7) is 0. The van der Waals surface area contributed by atoms with Crippen LogP contribution < -0.4 is 4.74 Å². The predicted octanol–water partition coefficient (Wildman–Crippen LogP) is 2.67. The fraction of sp³-hybridized carbons (Fsp3) is 0.100. The number of hydrogen-bond acceptors (Lipinski definition) is 3. The van der Waals surface area contributed by atoms with Gasteiger partial charge < -0.3 is 9.84 Å². The smallest absolute Gasteiger partial charge is 0.161 e. The molecule has 14 heavy (non-hydrogen) atoms. The van der Waals surface area contributed by atoms with Gasteiger partial charge in [-0.05, 0) is 23.8 Å². The third-order valence-electron chi connectivity index (χ3n) is 1.62. The number of benzene rings is 1. The molecule has 0 bridgehead atoms. The molecule has 1 rings (SSSR count). The maximum absolute atomic E-state index is 9.32. The van der Waals surface area contributed by atoms with E-state index in [-0.39, 0.29) is 5.75 Å². The van der Waals surface area contributed by atoms with E-state index < -0.39 is 0 Å². The van der Waals surface area contributed by atoms with Gasteiger partial charge in [0.1, 0.15) is 0 Å². The van der Waals surface area contributed by atoms with E-state index in [1.54, 1.807) is 30.4 Å². The van der Waals surface area contributed by atoms with Gasteiger partial charge in [-0.25, -0.2) is 0 Å². The van der Waals surface area contributed by atoms with Crippen LogP contribution in [0.4, 0.5) is 0 Å². The normalized spacial score (nSPS) is 10.4. The first kappa shape index (κ1) is 11.1. The first-order valence-corrected chi connectivity index (χ1v) is 4.77. The average Bonchev–Trinajstić information content (AvgIpc) is 2.16. The van der Waals surface area contributed by atoms with Gasteiger partial charge in [-0.3, -0.25) is 0 Å². The van der Waals surface area contributed by atoms with Crippen molar-refractivity contribution < 1.29 is 9.84 Å². The Morgan fingerprint density at radius 2 is 2.29 bits per heavy atom. The minimum Gasteiger partial charge on any atom is -0.504 e. The minimum absolute atomic E-state index is 0.123. The van der Waals surface area contributed by atoms with Gasteiger partial charge >= 0.3 is 0 Å². The first-order valence-electron chi connectivity index (χ1n) is 3.91. The van der Waals surface area contributed by atoms with Crippen molar-refractivity contribution in [2.45, 2.75) is 0 Å². The number of hydrogen-bond donors (Lipinski definition) is 2. The van der Waals surface area contributed by atoms with Gasteiger partial charge in [0.25, 0.3) is 0 Å². The van der Waals surface area contributed by atoms with E-state index in [1.165, 1.54) is 7.11 Å². The summed E-state index contributed by atoms with van der Waals surface area (Å²) in [6, 6.07) is 5.05. The van der Waals surface area contributed by atoms with Crippen LogP contribution in [-0.4, -0.2) is 16.4 Å². The second kappa shape index (κ2) is 5.02. The Hall–Kier alpha value is -1.00. The number of rotatable bonds is 3. The number of thiol groups is 1. The van der Waals surface area contributed by atoms with Crippen molar-refractivity contribution in [3.8, 4) is 11.5 Å². The van der Waals surface area contributed by atoms with E-state index in [1.807, 2.05) is 0 Å². The zero-order valence-corrected chi connectivity index (χ0v) is 9.31. The molecule has 0 aromatic heterocycles. The molecule has 4 heteroatoms. The van der Waals surface area contributed by atoms with E-state index in [9.17, 15) is 5.11 Å². The van der Waals surface area contributed by atoms with Crippen molar-refractivity contribution in [2.75, 3.05) is 7.11 Å². The topological polar surface area (TPSA) is 29.5 Å². The van der Waals surface area contributed by atoms with Crippen molar-refractivity contribution in [1.82, 2.24) is 0 Å². The Balaban J connectivity index is 2.95. The summed E-state index contributed by atoms with van der Waals surface area (Å²) in [4.78, 5) is 0. The van der Waals surface area contributed by atoms with Crippen LogP contribution in [0.2, 0.25) is 0 Å². The molecule has 0 spiro atoms. The average molecular weight is 226 g/mol. The van der Waals surface area contributed by atoms with Crippen LogP contribution in [0.5, 0.6) is 11.5 Å². The summed E-state index contributed by atoms with van der Waals surface area (Å²) in [6.07, 6.45) is 3.50. The molecule has 0 fully saturated rings. The highest BCUT2D eigenvalue weighted by molar-refractivity contribution is 8.11. The summed E-state index contributed by atoms with van der Waals surface area (Å²) >= 11 is 8.74. The Bertz CT molecular complexity index is 372. The molecule has 0 unspecified atom stereocenters. The van der Waals surface area contributed by atoms with Crippen LogP contribution in [0.1, 0.15) is 5.56 Å². The molecule has 0 saturated carbocycles. The molecule has 0 atom stereocenters. The number of thiocarbonyl (C=S) groups is 1. The molecule has 0 amide bonds. The van der Waals surface area contributed by atoms with Crippen molar-refractivity contribution in [2.24, 2.45) is 0 Å². The van der Waals surface area contributed by atoms with Crippen LogP contribution in [0.25, 0.3) is 6.08 Å². The second-order valence-electron chi connectivity index (χ2n) is 2.60. The molecule has 0 aliphatic carbocycles. The predicted molar refractivity (Wildman–Crippen MR) is 65.3 cm³/mol. The van der Waals surface area contributed by atoms with Gasteiger partial charge in [-0.2, -0.15) is 0 Å². The molecule has 0 radical (unpaired) electrons. The molecule has 1 aromatic rings. The number of ether oxygens (including phenoxy) is 1. The largest absolute Gasteiger partial charge is 0.504 e. The van der Waals surface area contributed by atoms with Crippen LogP contribution in [-0.2, 0) is 0 Å². The van der Waals surface area contributed by atoms with E-state index in [0.717, 1.165) is 5.56 Å². The lowest BCUT2D eigenvalue weighted by Crippen LogP contribution is -1.84. The Morgan fingerprint density at radius 1 is 1.57 bits per heavy atom. The molecular weight excluding hydrogens is 216 g/mol. The maximum Gasteiger partial charge on any atom is 0.161 e. The number of phenolic OH excluding ortho intramolecular Hbond substituents is 1. The van der Waals surface area contributed by atoms with Gasteiger partial charge in [0.15, 0.2) is 11.5 Å². The minimum atomic E-state index is 0.123. The van der Waals surface area contributed by atoms with Gasteiger partial charge in [0.2, 0.25) is 0 Å². The van der Waals surface area contributed by atoms with Crippen LogP contribution in [0.3, 0.4) is 0 Å². The van der Waals surface area contributed by atoms with E-state index >= 15 is 0 Å². The Morgan fingerprint density at radius 3 is 2.86 bits per heavy atom. The highest BCUT2D eigenvalue weighted by Crippen LogP contribution is 2.26. The third kappa shape index (κ3) is 3.05. The zero-order chi connectivity index (χ0) is 10.6. The van der Waals surface area contributed by atoms with Gasteiger partial charge in [0.05, 0.1) is 11.3 Å². The monoisotopic (exact) mass is 226 g/mol. The van der Waals surface area contributed by atoms with Crippen LogP contribution in [0, 0.1) is 0 Å². The summed E-state index contributed by atoms with van der Waals surface area (Å²) in [7, 11) is 1.51. The van der Waals surface area contributed by atoms with E-state index in [0.29, 0.717) is 9.95 Å². The van der Waals surface area contributed by atoms with Crippen molar-refractivity contribution in [1.29, 1.82) is 0 Å². The molecule has 74 valence electrons. The van der Waals surface area contributed by atoms with Gasteiger partial charge in [-0.15, -0.1) is 12.6 Å². The fourth-order valence-corrected chi connectivity index (χ4v) is 1.11. The third-order valence-corrected chi connectivity index (χ3v) is 1.91. The fourth-order valence-electron chi connectivity index (χ4n) is 0.965. The van der Waals surface area contributed by atoms with Crippen molar-refractivity contribution >= 4 is 35.1 Å². The number of phenols is 1. The highest BCUT2D eigenvalue weighted by atomic mass is 32.1. The van der Waals surface area contributed by atoms with Crippen LogP contribution >= 0.6 is 24.8 Å². The summed E-state index contributed by atoms with van der Waals surface area (Å²) < 4.78 is 5.47. The molecule has 1 N–H and O–H groups in total. The standard InChI is InChI=1S/C10H10O2S2/c1-12-9-6-7(2-4-8(9)11)3-5-10(13)14/h2-6,11H,1H3,(H,13,14). The lowest BCUT2D eigenvalue weighted by atomic mass is 10.2. The lowest BCUT2D eigenvalue weighted by Gasteiger charge is -2.03. The zero-order valence-electron chi connectivity index (χ0n) is 7.60. The summed E-state index contributed by atoms with van der Waals surface area (Å²) in [5, 5.41) is 9.32. The van der Waals surface area contributed by atoms with Crippen molar-refractivity contribution in [3.63, 3.8) is 0 Å². The molecule has 2 nitrogen and oxygen atoms in total. The Kier molecular flexibility index (Phi) is 3.98. The summed E-state index contributed by atoms with van der Waals surface area (Å²) in [5.41, 5.74) is 0.899. The SMILES string of the molecule is COc1cc(C=CC(=S)S)ccc1O. The Labute approximate surface area is 93.6 Å². The highest BCUT2D eigenvalue weighted by Gasteiger charge is 1.99. The van der Waals surface area contributed by atoms with E-state index in [4.69, 9.17) is 17.0 Å². The van der Waals surface area contributed by atoms with E-state index in [2.05, 4.69) is 12.6 Å². The molecule has 0 aliphatic rings. The molecular formula is C10H10O2S2. The molecule has 1 aromatic carbocycles. The number of methoxy groups -OCH3 is 1. The van der Waals surface area contributed by atoms with Crippen LogP contribution in [0.15, 0.2) is 24.3 Å². The van der Waals surface area contributed by atoms with Gasteiger partial charge in [-0.1, -0.05) is 24.4 Å². The first-order chi connectivity index (χ1) is 6.63. The molecule has 0 heterocycles. The molecule has 0 saturated heterocycles. The van der Waals surface area contributed by atoms with Gasteiger partial charge in [0, 0.05) is 0 Å². The molecule has 0 aliphatic heterocycles. The summed E-state index contributed by atoms with van der Waals surface area (Å²) in [5.74, 6) is 0.565. The van der Waals surface area contributed by atoms with Crippen molar-refractivity contribution in [3.05, 3.63) is 29.8 Å². The number of aromatic hydroxyl groups is 1. The maximum atomic E-state index is 9.32.